The van der Waals surface area contributed by atoms with E-state index in [9.17, 15) is 14.9 Å². The number of para-hydroxylation sites is 1. The van der Waals surface area contributed by atoms with Crippen LogP contribution >= 0.6 is 11.6 Å². The van der Waals surface area contributed by atoms with Gasteiger partial charge in [0, 0.05) is 11.9 Å². The molecule has 2 aromatic heterocycles. The fourth-order valence-corrected chi connectivity index (χ4v) is 3.30. The van der Waals surface area contributed by atoms with E-state index in [1.807, 2.05) is 19.1 Å². The summed E-state index contributed by atoms with van der Waals surface area (Å²) in [4.78, 5) is 30.4. The number of pyridine rings is 1. The van der Waals surface area contributed by atoms with E-state index in [4.69, 9.17) is 16.3 Å². The lowest BCUT2D eigenvalue weighted by atomic mass is 10.1. The van der Waals surface area contributed by atoms with E-state index in [0.717, 1.165) is 5.56 Å². The lowest BCUT2D eigenvalue weighted by molar-refractivity contribution is -0.112. The summed E-state index contributed by atoms with van der Waals surface area (Å²) in [6, 6.07) is 20.8. The number of aromatic nitrogens is 2. The van der Waals surface area contributed by atoms with Crippen molar-refractivity contribution in [3.8, 4) is 17.7 Å². The molecule has 2 heterocycles. The monoisotopic (exact) mass is 456 g/mol. The van der Waals surface area contributed by atoms with Crippen LogP contribution < -0.4 is 15.6 Å². The molecule has 0 aliphatic heterocycles. The second kappa shape index (κ2) is 9.39. The van der Waals surface area contributed by atoms with Crippen LogP contribution in [-0.2, 0) is 4.79 Å². The molecule has 0 atom stereocenters. The number of nitriles is 1. The fraction of sp³-hybridized carbons (Fsp3) is 0.0400. The minimum absolute atomic E-state index is 0.0606. The van der Waals surface area contributed by atoms with E-state index < -0.39 is 11.5 Å². The summed E-state index contributed by atoms with van der Waals surface area (Å²) < 4.78 is 7.15. The molecule has 1 N–H and O–H groups in total. The topological polar surface area (TPSA) is 96.5 Å². The van der Waals surface area contributed by atoms with E-state index in [1.165, 1.54) is 10.5 Å². The fourth-order valence-electron chi connectivity index (χ4n) is 3.13. The zero-order valence-electron chi connectivity index (χ0n) is 17.4. The van der Waals surface area contributed by atoms with Gasteiger partial charge in [-0.25, -0.2) is 0 Å². The Balaban J connectivity index is 1.82. The average Bonchev–Trinajstić information content (AvgIpc) is 2.80. The maximum absolute atomic E-state index is 13.2. The Bertz CT molecular complexity index is 1500. The summed E-state index contributed by atoms with van der Waals surface area (Å²) in [5.74, 6) is -0.455. The van der Waals surface area contributed by atoms with Crippen molar-refractivity contribution in [1.29, 1.82) is 5.26 Å². The molecule has 4 rings (SSSR count). The number of hydrogen-bond donors (Lipinski definition) is 1. The second-order valence-electron chi connectivity index (χ2n) is 7.09. The molecule has 2 aromatic carbocycles. The Morgan fingerprint density at radius 1 is 1.15 bits per heavy atom. The molecule has 162 valence electrons. The number of carbonyl (C=O) groups is 1. The molecule has 33 heavy (non-hydrogen) atoms. The summed E-state index contributed by atoms with van der Waals surface area (Å²) in [5.41, 5.74) is 0.970. The van der Waals surface area contributed by atoms with Crippen LogP contribution in [-0.4, -0.2) is 15.3 Å². The highest BCUT2D eigenvalue weighted by Gasteiger charge is 2.18. The number of aryl methyl sites for hydroxylation is 1. The first-order chi connectivity index (χ1) is 16.0. The summed E-state index contributed by atoms with van der Waals surface area (Å²) in [7, 11) is 0. The van der Waals surface area contributed by atoms with Crippen LogP contribution in [0, 0.1) is 18.3 Å². The van der Waals surface area contributed by atoms with Crippen molar-refractivity contribution in [2.75, 3.05) is 5.32 Å². The van der Waals surface area contributed by atoms with E-state index in [1.54, 1.807) is 66.9 Å². The normalized spacial score (nSPS) is 11.1. The van der Waals surface area contributed by atoms with Crippen molar-refractivity contribution < 1.29 is 9.53 Å². The van der Waals surface area contributed by atoms with Gasteiger partial charge in [-0.2, -0.15) is 10.2 Å². The third-order valence-corrected chi connectivity index (χ3v) is 5.02. The Kier molecular flexibility index (Phi) is 6.20. The standard InChI is InChI=1S/C25H17ClN4O3/c1-16-7-6-8-18(13-16)28-23(31)17(15-27)14-19-24(33-21-10-3-2-9-20(21)26)29-22-11-4-5-12-30(22)25(19)32/h2-14H,1H3,(H,28,31)/b17-14-. The minimum Gasteiger partial charge on any atom is -0.437 e. The number of carbonyl (C=O) groups excluding carboxylic acids is 1. The maximum Gasteiger partial charge on any atom is 0.269 e. The number of benzene rings is 2. The Morgan fingerprint density at radius 3 is 2.70 bits per heavy atom. The number of ether oxygens (including phenoxy) is 1. The van der Waals surface area contributed by atoms with Crippen molar-refractivity contribution in [3.05, 3.63) is 105 Å². The third-order valence-electron chi connectivity index (χ3n) is 4.71. The van der Waals surface area contributed by atoms with E-state index in [2.05, 4.69) is 10.3 Å². The number of halogens is 1. The largest absolute Gasteiger partial charge is 0.437 e. The van der Waals surface area contributed by atoms with Crippen molar-refractivity contribution >= 4 is 34.9 Å². The molecule has 4 aromatic rings. The van der Waals surface area contributed by atoms with Gasteiger partial charge in [-0.15, -0.1) is 0 Å². The second-order valence-corrected chi connectivity index (χ2v) is 7.50. The molecule has 0 radical (unpaired) electrons. The highest BCUT2D eigenvalue weighted by atomic mass is 35.5. The number of nitrogens with one attached hydrogen (secondary N) is 1. The van der Waals surface area contributed by atoms with Gasteiger partial charge in [-0.05, 0) is 55.0 Å². The van der Waals surface area contributed by atoms with Crippen molar-refractivity contribution in [2.24, 2.45) is 0 Å². The zero-order chi connectivity index (χ0) is 23.4. The van der Waals surface area contributed by atoms with E-state index in [0.29, 0.717) is 16.4 Å². The van der Waals surface area contributed by atoms with Crippen LogP contribution in [0.15, 0.2) is 83.3 Å². The number of nitrogens with zero attached hydrogens (tertiary/aromatic N) is 3. The molecular formula is C25H17ClN4O3. The molecule has 0 bridgehead atoms. The number of anilines is 1. The van der Waals surface area contributed by atoms with Crippen LogP contribution in [0.25, 0.3) is 11.7 Å². The molecule has 0 saturated heterocycles. The van der Waals surface area contributed by atoms with Gasteiger partial charge in [-0.1, -0.05) is 41.9 Å². The molecule has 0 fully saturated rings. The van der Waals surface area contributed by atoms with Crippen LogP contribution in [0.1, 0.15) is 11.1 Å². The van der Waals surface area contributed by atoms with Crippen molar-refractivity contribution in [2.45, 2.75) is 6.92 Å². The van der Waals surface area contributed by atoms with Crippen LogP contribution in [0.4, 0.5) is 5.69 Å². The Hall–Kier alpha value is -4.41. The minimum atomic E-state index is -0.663. The molecule has 1 amide bonds. The number of hydrogen-bond acceptors (Lipinski definition) is 5. The van der Waals surface area contributed by atoms with Gasteiger partial charge in [0.25, 0.3) is 11.5 Å². The molecule has 0 spiro atoms. The SMILES string of the molecule is Cc1cccc(NC(=O)/C(C#N)=C\c2c(Oc3ccccc3Cl)nc3ccccn3c2=O)c1. The molecular weight excluding hydrogens is 440 g/mol. The molecule has 7 nitrogen and oxygen atoms in total. The van der Waals surface area contributed by atoms with E-state index in [-0.39, 0.29) is 22.8 Å². The smallest absolute Gasteiger partial charge is 0.269 e. The van der Waals surface area contributed by atoms with Crippen LogP contribution in [0.2, 0.25) is 5.02 Å². The number of amides is 1. The van der Waals surface area contributed by atoms with E-state index >= 15 is 0 Å². The highest BCUT2D eigenvalue weighted by molar-refractivity contribution is 6.32. The number of rotatable bonds is 5. The lowest BCUT2D eigenvalue weighted by Gasteiger charge is -2.11. The van der Waals surface area contributed by atoms with Crippen LogP contribution in [0.3, 0.4) is 0 Å². The predicted molar refractivity (Wildman–Crippen MR) is 126 cm³/mol. The predicted octanol–water partition coefficient (Wildman–Crippen LogP) is 4.99. The van der Waals surface area contributed by atoms with Gasteiger partial charge in [0.15, 0.2) is 0 Å². The van der Waals surface area contributed by atoms with Crippen molar-refractivity contribution in [1.82, 2.24) is 9.38 Å². The third kappa shape index (κ3) is 4.76. The van der Waals surface area contributed by atoms with Crippen LogP contribution in [0.5, 0.6) is 11.6 Å². The molecule has 0 aliphatic rings. The highest BCUT2D eigenvalue weighted by Crippen LogP contribution is 2.30. The summed E-state index contributed by atoms with van der Waals surface area (Å²) in [6.45, 7) is 1.89. The van der Waals surface area contributed by atoms with Gasteiger partial charge >= 0.3 is 0 Å². The quantitative estimate of drug-likeness (QED) is 0.337. The Morgan fingerprint density at radius 2 is 1.94 bits per heavy atom. The lowest BCUT2D eigenvalue weighted by Crippen LogP contribution is -2.20. The van der Waals surface area contributed by atoms with Gasteiger partial charge in [0.2, 0.25) is 5.88 Å². The molecule has 0 saturated carbocycles. The summed E-state index contributed by atoms with van der Waals surface area (Å²) in [5, 5.41) is 12.6. The first-order valence-corrected chi connectivity index (χ1v) is 10.3. The Labute approximate surface area is 194 Å². The maximum atomic E-state index is 13.2. The zero-order valence-corrected chi connectivity index (χ0v) is 18.2. The summed E-state index contributed by atoms with van der Waals surface area (Å²) >= 11 is 6.20. The van der Waals surface area contributed by atoms with Gasteiger partial charge in [0.05, 0.1) is 5.02 Å². The van der Waals surface area contributed by atoms with Gasteiger partial charge in [-0.3, -0.25) is 14.0 Å². The van der Waals surface area contributed by atoms with Gasteiger partial charge in [0.1, 0.15) is 28.6 Å². The number of fused-ring (bicyclic) bond motifs is 1. The first kappa shape index (κ1) is 21.8. The average molecular weight is 457 g/mol. The molecule has 0 aliphatic carbocycles. The first-order valence-electron chi connectivity index (χ1n) is 9.90. The summed E-state index contributed by atoms with van der Waals surface area (Å²) in [6.07, 6.45) is 2.71. The molecule has 8 heteroatoms. The van der Waals surface area contributed by atoms with Gasteiger partial charge < -0.3 is 10.1 Å². The molecule has 0 unspecified atom stereocenters. The van der Waals surface area contributed by atoms with Crippen molar-refractivity contribution in [3.63, 3.8) is 0 Å².